The van der Waals surface area contributed by atoms with Crippen molar-refractivity contribution in [1.82, 2.24) is 30.4 Å². The van der Waals surface area contributed by atoms with Gasteiger partial charge in [-0.15, -0.1) is 0 Å². The van der Waals surface area contributed by atoms with Crippen molar-refractivity contribution in [3.8, 4) is 5.75 Å². The fourth-order valence-electron chi connectivity index (χ4n) is 2.79. The first-order chi connectivity index (χ1) is 13.2. The molecule has 2 amide bonds. The molecule has 1 aliphatic rings. The van der Waals surface area contributed by atoms with Gasteiger partial charge in [0, 0.05) is 50.8 Å². The number of aromatic nitrogens is 4. The van der Waals surface area contributed by atoms with Gasteiger partial charge in [0.2, 0.25) is 0 Å². The van der Waals surface area contributed by atoms with Gasteiger partial charge >= 0.3 is 6.03 Å². The summed E-state index contributed by atoms with van der Waals surface area (Å²) >= 11 is 0. The third-order valence-corrected chi connectivity index (χ3v) is 4.32. The molecular formula is C18H26N6O3. The van der Waals surface area contributed by atoms with Crippen molar-refractivity contribution >= 4 is 6.03 Å². The predicted molar refractivity (Wildman–Crippen MR) is 98.2 cm³/mol. The second-order valence-electron chi connectivity index (χ2n) is 6.57. The number of amides is 2. The van der Waals surface area contributed by atoms with Crippen LogP contribution < -0.4 is 15.4 Å². The first-order valence-corrected chi connectivity index (χ1v) is 9.20. The highest BCUT2D eigenvalue weighted by molar-refractivity contribution is 5.73. The van der Waals surface area contributed by atoms with Crippen LogP contribution >= 0.6 is 0 Å². The average Bonchev–Trinajstić information content (AvgIpc) is 3.34. The molecule has 2 aromatic heterocycles. The number of aryl methyl sites for hydroxylation is 2. The van der Waals surface area contributed by atoms with E-state index in [1.165, 1.54) is 0 Å². The second-order valence-corrected chi connectivity index (χ2v) is 6.57. The zero-order valence-corrected chi connectivity index (χ0v) is 15.6. The quantitative estimate of drug-likeness (QED) is 0.636. The molecular weight excluding hydrogens is 348 g/mol. The standard InChI is InChI=1S/C18H26N6O3/c1-24-13-22-17(23-24)3-2-6-20-18(25)21-9-15-4-7-19-10-16(15)27-12-14-5-8-26-11-14/h4,7,10,13-14H,2-3,5-6,8-9,11-12H2,1H3,(H2,20,21,25). The van der Waals surface area contributed by atoms with E-state index in [2.05, 4.69) is 25.7 Å². The first-order valence-electron chi connectivity index (χ1n) is 9.20. The van der Waals surface area contributed by atoms with Gasteiger partial charge < -0.3 is 20.1 Å². The van der Waals surface area contributed by atoms with E-state index in [-0.39, 0.29) is 6.03 Å². The molecule has 0 saturated carbocycles. The Morgan fingerprint density at radius 2 is 2.37 bits per heavy atom. The number of hydrogen-bond acceptors (Lipinski definition) is 6. The summed E-state index contributed by atoms with van der Waals surface area (Å²) in [5.74, 6) is 1.90. The number of carbonyl (C=O) groups is 1. The molecule has 9 nitrogen and oxygen atoms in total. The molecule has 27 heavy (non-hydrogen) atoms. The Morgan fingerprint density at radius 3 is 3.15 bits per heavy atom. The minimum absolute atomic E-state index is 0.212. The number of hydrogen-bond donors (Lipinski definition) is 2. The summed E-state index contributed by atoms with van der Waals surface area (Å²) in [7, 11) is 1.83. The largest absolute Gasteiger partial charge is 0.491 e. The normalized spacial score (nSPS) is 16.3. The summed E-state index contributed by atoms with van der Waals surface area (Å²) in [5.41, 5.74) is 0.900. The molecule has 0 radical (unpaired) electrons. The number of urea groups is 1. The maximum atomic E-state index is 12.0. The third-order valence-electron chi connectivity index (χ3n) is 4.32. The van der Waals surface area contributed by atoms with Gasteiger partial charge in [0.15, 0.2) is 5.82 Å². The highest BCUT2D eigenvalue weighted by Crippen LogP contribution is 2.19. The summed E-state index contributed by atoms with van der Waals surface area (Å²) in [6.45, 7) is 3.08. The van der Waals surface area contributed by atoms with Gasteiger partial charge in [-0.1, -0.05) is 0 Å². The molecule has 2 aromatic rings. The first kappa shape index (κ1) is 19.1. The molecule has 9 heteroatoms. The topological polar surface area (TPSA) is 103 Å². The van der Waals surface area contributed by atoms with Crippen LogP contribution in [0, 0.1) is 5.92 Å². The van der Waals surface area contributed by atoms with Crippen LogP contribution in [-0.2, 0) is 24.8 Å². The molecule has 146 valence electrons. The minimum atomic E-state index is -0.212. The maximum Gasteiger partial charge on any atom is 0.315 e. The fraction of sp³-hybridized carbons (Fsp3) is 0.556. The molecule has 0 aromatic carbocycles. The van der Waals surface area contributed by atoms with Crippen LogP contribution in [0.5, 0.6) is 5.75 Å². The third kappa shape index (κ3) is 6.21. The smallest absolute Gasteiger partial charge is 0.315 e. The summed E-state index contributed by atoms with van der Waals surface area (Å²) in [4.78, 5) is 20.3. The van der Waals surface area contributed by atoms with Crippen molar-refractivity contribution in [1.29, 1.82) is 0 Å². The second kappa shape index (κ2) is 9.86. The SMILES string of the molecule is Cn1cnc(CCCNC(=O)NCc2ccncc2OCC2CCOC2)n1. The fourth-order valence-corrected chi connectivity index (χ4v) is 2.79. The van der Waals surface area contributed by atoms with E-state index < -0.39 is 0 Å². The molecule has 3 rings (SSSR count). The Kier molecular flexibility index (Phi) is 6.97. The Bertz CT molecular complexity index is 729. The summed E-state index contributed by atoms with van der Waals surface area (Å²) in [6.07, 6.45) is 7.58. The Balaban J connectivity index is 1.36. The van der Waals surface area contributed by atoms with Crippen molar-refractivity contribution in [3.63, 3.8) is 0 Å². The van der Waals surface area contributed by atoms with Crippen LogP contribution in [0.15, 0.2) is 24.8 Å². The van der Waals surface area contributed by atoms with E-state index in [1.54, 1.807) is 23.4 Å². The summed E-state index contributed by atoms with van der Waals surface area (Å²) < 4.78 is 12.9. The van der Waals surface area contributed by atoms with Gasteiger partial charge in [0.1, 0.15) is 12.1 Å². The van der Waals surface area contributed by atoms with Gasteiger partial charge in [-0.05, 0) is 18.9 Å². The highest BCUT2D eigenvalue weighted by atomic mass is 16.5. The Hall–Kier alpha value is -2.68. The number of rotatable bonds is 9. The summed E-state index contributed by atoms with van der Waals surface area (Å²) in [5, 5.41) is 9.90. The zero-order valence-electron chi connectivity index (χ0n) is 15.6. The number of carbonyl (C=O) groups excluding carboxylic acids is 1. The van der Waals surface area contributed by atoms with Crippen LogP contribution in [0.2, 0.25) is 0 Å². The zero-order chi connectivity index (χ0) is 18.9. The molecule has 0 bridgehead atoms. The van der Waals surface area contributed by atoms with Crippen LogP contribution in [-0.4, -0.2) is 52.1 Å². The van der Waals surface area contributed by atoms with Crippen molar-refractivity contribution < 1.29 is 14.3 Å². The molecule has 0 spiro atoms. The van der Waals surface area contributed by atoms with Gasteiger partial charge in [-0.3, -0.25) is 9.67 Å². The maximum absolute atomic E-state index is 12.0. The molecule has 1 saturated heterocycles. The lowest BCUT2D eigenvalue weighted by Crippen LogP contribution is -2.35. The van der Waals surface area contributed by atoms with Crippen molar-refractivity contribution in [2.75, 3.05) is 26.4 Å². The number of nitrogens with one attached hydrogen (secondary N) is 2. The van der Waals surface area contributed by atoms with Crippen molar-refractivity contribution in [2.24, 2.45) is 13.0 Å². The Labute approximate surface area is 158 Å². The van der Waals surface area contributed by atoms with E-state index in [0.29, 0.717) is 31.4 Å². The van der Waals surface area contributed by atoms with Crippen LogP contribution in [0.3, 0.4) is 0 Å². The van der Waals surface area contributed by atoms with E-state index in [1.807, 2.05) is 13.1 Å². The molecule has 3 heterocycles. The van der Waals surface area contributed by atoms with Crippen molar-refractivity contribution in [3.05, 3.63) is 36.2 Å². The number of ether oxygens (including phenoxy) is 2. The van der Waals surface area contributed by atoms with E-state index >= 15 is 0 Å². The molecule has 1 atom stereocenters. The van der Waals surface area contributed by atoms with Crippen LogP contribution in [0.25, 0.3) is 0 Å². The molecule has 1 unspecified atom stereocenters. The van der Waals surface area contributed by atoms with Gasteiger partial charge in [0.05, 0.1) is 19.4 Å². The molecule has 0 aliphatic carbocycles. The van der Waals surface area contributed by atoms with Crippen LogP contribution in [0.1, 0.15) is 24.2 Å². The summed E-state index contributed by atoms with van der Waals surface area (Å²) in [6, 6.07) is 1.64. The van der Waals surface area contributed by atoms with E-state index in [9.17, 15) is 4.79 Å². The molecule has 1 aliphatic heterocycles. The monoisotopic (exact) mass is 374 g/mol. The molecule has 1 fully saturated rings. The predicted octanol–water partition coefficient (Wildman–Crippen LogP) is 1.06. The van der Waals surface area contributed by atoms with Gasteiger partial charge in [-0.2, -0.15) is 5.10 Å². The number of pyridine rings is 1. The Morgan fingerprint density at radius 1 is 1.44 bits per heavy atom. The van der Waals surface area contributed by atoms with Crippen molar-refractivity contribution in [2.45, 2.75) is 25.8 Å². The lowest BCUT2D eigenvalue weighted by molar-refractivity contribution is 0.166. The number of nitrogens with zero attached hydrogens (tertiary/aromatic N) is 4. The lowest BCUT2D eigenvalue weighted by Gasteiger charge is -2.14. The van der Waals surface area contributed by atoms with Gasteiger partial charge in [0.25, 0.3) is 0 Å². The highest BCUT2D eigenvalue weighted by Gasteiger charge is 2.17. The average molecular weight is 374 g/mol. The minimum Gasteiger partial charge on any atom is -0.491 e. The van der Waals surface area contributed by atoms with Crippen LogP contribution in [0.4, 0.5) is 4.79 Å². The van der Waals surface area contributed by atoms with E-state index in [4.69, 9.17) is 9.47 Å². The molecule has 2 N–H and O–H groups in total. The van der Waals surface area contributed by atoms with Gasteiger partial charge in [-0.25, -0.2) is 9.78 Å². The van der Waals surface area contributed by atoms with E-state index in [0.717, 1.165) is 43.9 Å². The lowest BCUT2D eigenvalue weighted by atomic mass is 10.1.